The van der Waals surface area contributed by atoms with Gasteiger partial charge in [-0.3, -0.25) is 19.4 Å². The van der Waals surface area contributed by atoms with Gasteiger partial charge in [-0.15, -0.1) is 0 Å². The molecule has 1 aliphatic rings. The molecule has 9 nitrogen and oxygen atoms in total. The minimum Gasteiger partial charge on any atom is -1.00 e. The number of aromatic amines is 1. The second-order valence-corrected chi connectivity index (χ2v) is 8.28. The number of halogens is 2. The average molecular weight is 492 g/mol. The first kappa shape index (κ1) is 24.9. The number of nitrogens with zero attached hydrogens (tertiary/aromatic N) is 5. The molecule has 33 heavy (non-hydrogen) atoms. The van der Waals surface area contributed by atoms with Crippen LogP contribution in [0.3, 0.4) is 0 Å². The van der Waals surface area contributed by atoms with Crippen LogP contribution in [0.5, 0.6) is 0 Å². The molecule has 4 heterocycles. The highest BCUT2D eigenvalue weighted by molar-refractivity contribution is 6.29. The predicted molar refractivity (Wildman–Crippen MR) is 119 cm³/mol. The number of carbonyl (C=O) groups excluding carboxylic acids is 2. The number of nitrogens with one attached hydrogen (secondary N) is 2. The summed E-state index contributed by atoms with van der Waals surface area (Å²) in [6, 6.07) is 5.54. The van der Waals surface area contributed by atoms with Crippen molar-refractivity contribution in [2.24, 2.45) is 0 Å². The predicted octanol–water partition coefficient (Wildman–Crippen LogP) is -0.378. The number of imide groups is 1. The van der Waals surface area contributed by atoms with Gasteiger partial charge >= 0.3 is 6.03 Å². The quantitative estimate of drug-likeness (QED) is 0.376. The molecular weight excluding hydrogens is 465 g/mol. The van der Waals surface area contributed by atoms with E-state index in [2.05, 4.69) is 27.0 Å². The molecule has 11 heteroatoms. The summed E-state index contributed by atoms with van der Waals surface area (Å²) in [5, 5.41) is 4.52. The Morgan fingerprint density at radius 2 is 2.03 bits per heavy atom. The molecule has 0 bridgehead atoms. The van der Waals surface area contributed by atoms with E-state index in [-0.39, 0.29) is 29.4 Å². The molecule has 0 radical (unpaired) electrons. The van der Waals surface area contributed by atoms with E-state index < -0.39 is 5.91 Å². The van der Waals surface area contributed by atoms with Gasteiger partial charge in [-0.25, -0.2) is 19.6 Å². The standard InChI is InChI=1S/C22H26ClN7O2.ClH/c1-2-3-6-11-29-19-18(26-21(23)27-19)20(31)30(22(29)32)12-7-8-16-13-25-28(14-16)15-17-9-4-5-10-24-17;/h4-5,9-10,13-14H,2-3,6-8,11-12,15H2,1H3,(H,26,27);1H. The summed E-state index contributed by atoms with van der Waals surface area (Å²) in [6.45, 7) is 3.63. The van der Waals surface area contributed by atoms with Crippen molar-refractivity contribution in [2.45, 2.75) is 45.6 Å². The van der Waals surface area contributed by atoms with Crippen molar-refractivity contribution < 1.29 is 26.9 Å². The van der Waals surface area contributed by atoms with Crippen LogP contribution in [0.2, 0.25) is 5.28 Å². The maximum absolute atomic E-state index is 13.1. The van der Waals surface area contributed by atoms with Gasteiger partial charge in [0.05, 0.1) is 25.0 Å². The van der Waals surface area contributed by atoms with Crippen molar-refractivity contribution in [3.63, 3.8) is 0 Å². The molecule has 0 saturated heterocycles. The smallest absolute Gasteiger partial charge is 0.430 e. The summed E-state index contributed by atoms with van der Waals surface area (Å²) in [5.41, 5.74) is 2.23. The molecule has 1 aliphatic heterocycles. The number of pyridine rings is 1. The molecule has 3 aromatic heterocycles. The summed E-state index contributed by atoms with van der Waals surface area (Å²) in [4.78, 5) is 39.2. The van der Waals surface area contributed by atoms with Gasteiger partial charge in [0.15, 0.2) is 0 Å². The van der Waals surface area contributed by atoms with Crippen molar-refractivity contribution in [3.05, 3.63) is 59.0 Å². The number of urea groups is 1. The number of carbonyl (C=O) groups is 2. The van der Waals surface area contributed by atoms with Gasteiger partial charge in [-0.05, 0) is 55.0 Å². The second kappa shape index (κ2) is 11.4. The number of unbranched alkanes of at least 4 members (excludes halogenated alkanes) is 2. The molecule has 0 aromatic carbocycles. The number of imidazole rings is 1. The number of quaternary nitrogens is 1. The van der Waals surface area contributed by atoms with Crippen LogP contribution in [0, 0.1) is 0 Å². The largest absolute Gasteiger partial charge is 1.00 e. The Hall–Kier alpha value is -2.75. The van der Waals surface area contributed by atoms with Gasteiger partial charge in [0.1, 0.15) is 0 Å². The number of hydrogen-bond acceptors (Lipinski definition) is 5. The van der Waals surface area contributed by atoms with Crippen LogP contribution >= 0.6 is 11.6 Å². The Bertz CT molecular complexity index is 1080. The third kappa shape index (κ3) is 5.79. The lowest BCUT2D eigenvalue weighted by atomic mass is 10.1. The Kier molecular flexibility index (Phi) is 8.60. The van der Waals surface area contributed by atoms with E-state index in [1.807, 2.05) is 35.3 Å². The van der Waals surface area contributed by atoms with Gasteiger partial charge in [-0.2, -0.15) is 5.10 Å². The number of amides is 3. The van der Waals surface area contributed by atoms with E-state index in [1.54, 1.807) is 6.20 Å². The number of hydrogen-bond donors (Lipinski definition) is 2. The summed E-state index contributed by atoms with van der Waals surface area (Å²) in [5.74, 6) is 0.0892. The van der Waals surface area contributed by atoms with E-state index in [1.165, 1.54) is 4.90 Å². The van der Waals surface area contributed by atoms with Crippen LogP contribution in [0.15, 0.2) is 36.8 Å². The average Bonchev–Trinajstić information content (AvgIpc) is 3.40. The highest BCUT2D eigenvalue weighted by Gasteiger charge is 2.44. The first-order chi connectivity index (χ1) is 15.6. The van der Waals surface area contributed by atoms with E-state index in [9.17, 15) is 9.59 Å². The van der Waals surface area contributed by atoms with Crippen molar-refractivity contribution in [3.8, 4) is 0 Å². The van der Waals surface area contributed by atoms with Gasteiger partial charge in [0.25, 0.3) is 5.91 Å². The van der Waals surface area contributed by atoms with Crippen LogP contribution in [0.1, 0.15) is 54.4 Å². The molecule has 4 rings (SSSR count). The van der Waals surface area contributed by atoms with E-state index in [0.29, 0.717) is 43.2 Å². The summed E-state index contributed by atoms with van der Waals surface area (Å²) in [7, 11) is 0. The van der Waals surface area contributed by atoms with Crippen molar-refractivity contribution in [1.29, 1.82) is 0 Å². The number of aromatic nitrogens is 5. The van der Waals surface area contributed by atoms with Gasteiger partial charge < -0.3 is 12.4 Å². The highest BCUT2D eigenvalue weighted by Crippen LogP contribution is 2.19. The lowest BCUT2D eigenvalue weighted by Crippen LogP contribution is -3.13. The molecule has 2 N–H and O–H groups in total. The minimum absolute atomic E-state index is 0. The Balaban J connectivity index is 0.00000306. The minimum atomic E-state index is -0.391. The first-order valence-electron chi connectivity index (χ1n) is 11.0. The molecule has 0 saturated carbocycles. The van der Waals surface area contributed by atoms with E-state index in [4.69, 9.17) is 11.6 Å². The van der Waals surface area contributed by atoms with E-state index >= 15 is 0 Å². The molecule has 3 amide bonds. The number of aryl methyl sites for hydroxylation is 1. The van der Waals surface area contributed by atoms with Crippen LogP contribution in [0.4, 0.5) is 10.6 Å². The Morgan fingerprint density at radius 1 is 1.18 bits per heavy atom. The maximum Gasteiger partial charge on any atom is 0.430 e. The molecule has 176 valence electrons. The fourth-order valence-electron chi connectivity index (χ4n) is 3.92. The lowest BCUT2D eigenvalue weighted by Gasteiger charge is -2.27. The molecular formula is C22H27Cl2N7O2. The monoisotopic (exact) mass is 491 g/mol. The van der Waals surface area contributed by atoms with Crippen molar-refractivity contribution in [2.75, 3.05) is 13.1 Å². The number of H-pyrrole nitrogens is 1. The van der Waals surface area contributed by atoms with Crippen LogP contribution in [-0.4, -0.2) is 54.7 Å². The second-order valence-electron chi connectivity index (χ2n) is 7.92. The van der Waals surface area contributed by atoms with Gasteiger partial charge in [0.2, 0.25) is 16.8 Å². The van der Waals surface area contributed by atoms with Crippen molar-refractivity contribution >= 4 is 29.4 Å². The molecule has 0 spiro atoms. The summed E-state index contributed by atoms with van der Waals surface area (Å²) in [6.07, 6.45) is 9.85. The summed E-state index contributed by atoms with van der Waals surface area (Å²) >= 11 is 6.01. The van der Waals surface area contributed by atoms with Gasteiger partial charge in [0, 0.05) is 18.9 Å². The van der Waals surface area contributed by atoms with E-state index in [0.717, 1.165) is 30.5 Å². The molecule has 1 unspecified atom stereocenters. The fourth-order valence-corrected chi connectivity index (χ4v) is 4.09. The Labute approximate surface area is 203 Å². The molecule has 0 aliphatic carbocycles. The first-order valence-corrected chi connectivity index (χ1v) is 11.3. The van der Waals surface area contributed by atoms with Crippen LogP contribution in [0.25, 0.3) is 0 Å². The number of fused-ring (bicyclic) bond motifs is 1. The molecule has 0 fully saturated rings. The zero-order valence-corrected chi connectivity index (χ0v) is 19.9. The molecule has 1 atom stereocenters. The normalized spacial score (nSPS) is 15.5. The van der Waals surface area contributed by atoms with Crippen LogP contribution < -0.4 is 17.3 Å². The Morgan fingerprint density at radius 3 is 2.79 bits per heavy atom. The zero-order chi connectivity index (χ0) is 22.5. The maximum atomic E-state index is 13.1. The third-order valence-electron chi connectivity index (χ3n) is 5.54. The highest BCUT2D eigenvalue weighted by atomic mass is 35.5. The SMILES string of the molecule is CCCCC[NH+]1C(=O)N(CCCc2cnn(Cc3ccccn3)c2)C(=O)c2nc(Cl)[nH]c21.[Cl-]. The molecule has 3 aromatic rings. The lowest BCUT2D eigenvalue weighted by molar-refractivity contribution is -0.751. The van der Waals surface area contributed by atoms with Crippen molar-refractivity contribution in [1.82, 2.24) is 29.6 Å². The van der Waals surface area contributed by atoms with Crippen LogP contribution in [-0.2, 0) is 13.0 Å². The third-order valence-corrected chi connectivity index (χ3v) is 5.72. The fraction of sp³-hybridized carbons (Fsp3) is 0.409. The number of rotatable bonds is 10. The zero-order valence-electron chi connectivity index (χ0n) is 18.4. The topological polar surface area (TPSA) is 101 Å². The summed E-state index contributed by atoms with van der Waals surface area (Å²) < 4.78 is 1.84. The van der Waals surface area contributed by atoms with Gasteiger partial charge in [-0.1, -0.05) is 19.4 Å².